The molecule has 1 fully saturated rings. The van der Waals surface area contributed by atoms with E-state index < -0.39 is 0 Å². The molecule has 1 aliphatic rings. The van der Waals surface area contributed by atoms with Crippen molar-refractivity contribution in [3.8, 4) is 0 Å². The van der Waals surface area contributed by atoms with Crippen LogP contribution in [-0.4, -0.2) is 32.9 Å². The first-order valence-corrected chi connectivity index (χ1v) is 4.33. The third-order valence-electron chi connectivity index (χ3n) is 2.70. The predicted octanol–water partition coefficient (Wildman–Crippen LogP) is -0.176. The summed E-state index contributed by atoms with van der Waals surface area (Å²) >= 11 is 0. The van der Waals surface area contributed by atoms with Crippen molar-refractivity contribution in [2.45, 2.75) is 31.4 Å². The summed E-state index contributed by atoms with van der Waals surface area (Å²) in [4.78, 5) is 0. The van der Waals surface area contributed by atoms with Gasteiger partial charge in [-0.05, 0) is 29.7 Å². The Labute approximate surface area is 76.1 Å². The molecule has 6 nitrogen and oxygen atoms in total. The van der Waals surface area contributed by atoms with Gasteiger partial charge in [0.1, 0.15) is 0 Å². The highest BCUT2D eigenvalue weighted by Crippen LogP contribution is 2.36. The maximum atomic E-state index is 5.55. The van der Waals surface area contributed by atoms with E-state index in [9.17, 15) is 0 Å². The molecule has 0 aromatic carbocycles. The summed E-state index contributed by atoms with van der Waals surface area (Å²) in [5, 5.41) is 10.9. The highest BCUT2D eigenvalue weighted by atomic mass is 16.5. The van der Waals surface area contributed by atoms with Gasteiger partial charge in [-0.15, -0.1) is 0 Å². The summed E-state index contributed by atoms with van der Waals surface area (Å²) in [6, 6.07) is 0. The van der Waals surface area contributed by atoms with Crippen LogP contribution in [0.25, 0.3) is 0 Å². The molecule has 0 radical (unpaired) electrons. The molecule has 0 saturated heterocycles. The lowest BCUT2D eigenvalue weighted by atomic mass is 9.80. The van der Waals surface area contributed by atoms with Crippen LogP contribution in [0.2, 0.25) is 0 Å². The van der Waals surface area contributed by atoms with E-state index in [0.717, 1.165) is 12.8 Å². The quantitative estimate of drug-likeness (QED) is 0.703. The van der Waals surface area contributed by atoms with Gasteiger partial charge in [-0.2, -0.15) is 0 Å². The fourth-order valence-electron chi connectivity index (χ4n) is 1.60. The van der Waals surface area contributed by atoms with Gasteiger partial charge in [-0.1, -0.05) is 5.10 Å². The van der Waals surface area contributed by atoms with Crippen molar-refractivity contribution in [3.63, 3.8) is 0 Å². The summed E-state index contributed by atoms with van der Waals surface area (Å²) < 4.78 is 7.02. The average molecular weight is 183 g/mol. The summed E-state index contributed by atoms with van der Waals surface area (Å²) in [7, 11) is 1.72. The number of ether oxygens (including phenoxy) is 1. The largest absolute Gasteiger partial charge is 0.376 e. The minimum Gasteiger partial charge on any atom is -0.376 e. The number of hydrogen-bond acceptors (Lipinski definition) is 5. The summed E-state index contributed by atoms with van der Waals surface area (Å²) in [6.45, 7) is 0.655. The van der Waals surface area contributed by atoms with Gasteiger partial charge >= 0.3 is 0 Å². The Morgan fingerprint density at radius 2 is 2.38 bits per heavy atom. The first-order valence-electron chi connectivity index (χ1n) is 4.33. The molecule has 1 aromatic rings. The number of anilines is 1. The molecule has 0 spiro atoms. The SMILES string of the molecule is COC1(Cn2nnnc2N)CCC1. The van der Waals surface area contributed by atoms with E-state index in [2.05, 4.69) is 15.5 Å². The molecule has 1 aliphatic carbocycles. The first-order chi connectivity index (χ1) is 6.26. The lowest BCUT2D eigenvalue weighted by Gasteiger charge is -2.40. The normalized spacial score (nSPS) is 19.8. The Morgan fingerprint density at radius 3 is 2.77 bits per heavy atom. The van der Waals surface area contributed by atoms with Crippen LogP contribution in [0.3, 0.4) is 0 Å². The number of nitrogens with zero attached hydrogens (tertiary/aromatic N) is 4. The van der Waals surface area contributed by atoms with E-state index >= 15 is 0 Å². The Morgan fingerprint density at radius 1 is 1.62 bits per heavy atom. The van der Waals surface area contributed by atoms with E-state index in [0.29, 0.717) is 12.5 Å². The van der Waals surface area contributed by atoms with E-state index in [-0.39, 0.29) is 5.60 Å². The molecule has 72 valence electrons. The Bertz CT molecular complexity index is 287. The van der Waals surface area contributed by atoms with Gasteiger partial charge in [0.15, 0.2) is 0 Å². The molecular weight excluding hydrogens is 170 g/mol. The molecule has 1 aromatic heterocycles. The van der Waals surface area contributed by atoms with Crippen molar-refractivity contribution in [3.05, 3.63) is 0 Å². The lowest BCUT2D eigenvalue weighted by Crippen LogP contribution is -2.43. The van der Waals surface area contributed by atoms with Gasteiger partial charge in [0.2, 0.25) is 5.95 Å². The van der Waals surface area contributed by atoms with E-state index in [1.165, 1.54) is 6.42 Å². The van der Waals surface area contributed by atoms with Crippen LogP contribution in [0.1, 0.15) is 19.3 Å². The zero-order valence-electron chi connectivity index (χ0n) is 7.60. The number of hydrogen-bond donors (Lipinski definition) is 1. The topological polar surface area (TPSA) is 78.8 Å². The minimum absolute atomic E-state index is 0.0799. The van der Waals surface area contributed by atoms with Crippen LogP contribution in [0.4, 0.5) is 5.95 Å². The summed E-state index contributed by atoms with van der Waals surface area (Å²) in [5.41, 5.74) is 5.47. The molecule has 0 aliphatic heterocycles. The second-order valence-electron chi connectivity index (χ2n) is 3.44. The predicted molar refractivity (Wildman–Crippen MR) is 45.8 cm³/mol. The number of nitrogens with two attached hydrogens (primary N) is 1. The van der Waals surface area contributed by atoms with Gasteiger partial charge in [0.25, 0.3) is 0 Å². The molecule has 0 atom stereocenters. The molecule has 0 bridgehead atoms. The zero-order chi connectivity index (χ0) is 9.31. The third kappa shape index (κ3) is 1.37. The van der Waals surface area contributed by atoms with Crippen molar-refractivity contribution in [1.82, 2.24) is 20.2 Å². The smallest absolute Gasteiger partial charge is 0.240 e. The Balaban J connectivity index is 2.08. The van der Waals surface area contributed by atoms with Crippen molar-refractivity contribution in [1.29, 1.82) is 0 Å². The van der Waals surface area contributed by atoms with Gasteiger partial charge in [-0.3, -0.25) is 0 Å². The standard InChI is InChI=1S/C7H13N5O/c1-13-7(3-2-4-7)5-12-6(8)9-10-11-12/h2-5H2,1H3,(H2,8,9,11). The number of tetrazole rings is 1. The molecule has 2 N–H and O–H groups in total. The van der Waals surface area contributed by atoms with Crippen LogP contribution >= 0.6 is 0 Å². The molecule has 0 unspecified atom stereocenters. The number of rotatable bonds is 3. The van der Waals surface area contributed by atoms with E-state index in [4.69, 9.17) is 10.5 Å². The van der Waals surface area contributed by atoms with Crippen molar-refractivity contribution in [2.75, 3.05) is 12.8 Å². The van der Waals surface area contributed by atoms with Gasteiger partial charge in [-0.25, -0.2) is 4.68 Å². The Hall–Kier alpha value is -1.17. The number of methoxy groups -OCH3 is 1. The van der Waals surface area contributed by atoms with Crippen LogP contribution in [-0.2, 0) is 11.3 Å². The molecule has 6 heteroatoms. The molecule has 2 rings (SSSR count). The second kappa shape index (κ2) is 2.95. The maximum Gasteiger partial charge on any atom is 0.240 e. The Kier molecular flexibility index (Phi) is 1.91. The van der Waals surface area contributed by atoms with Gasteiger partial charge in [0.05, 0.1) is 12.1 Å². The monoisotopic (exact) mass is 183 g/mol. The lowest BCUT2D eigenvalue weighted by molar-refractivity contribution is -0.0854. The van der Waals surface area contributed by atoms with Crippen molar-refractivity contribution >= 4 is 5.95 Å². The van der Waals surface area contributed by atoms with Gasteiger partial charge < -0.3 is 10.5 Å². The first kappa shape index (κ1) is 8.43. The van der Waals surface area contributed by atoms with E-state index in [1.54, 1.807) is 11.8 Å². The highest BCUT2D eigenvalue weighted by Gasteiger charge is 2.38. The average Bonchev–Trinajstić information content (AvgIpc) is 2.44. The third-order valence-corrected chi connectivity index (χ3v) is 2.70. The van der Waals surface area contributed by atoms with Crippen molar-refractivity contribution in [2.24, 2.45) is 0 Å². The number of nitrogen functional groups attached to an aromatic ring is 1. The molecule has 1 saturated carbocycles. The molecule has 0 amide bonds. The fourth-order valence-corrected chi connectivity index (χ4v) is 1.60. The van der Waals surface area contributed by atoms with Crippen LogP contribution < -0.4 is 5.73 Å². The summed E-state index contributed by atoms with van der Waals surface area (Å²) in [6.07, 6.45) is 3.32. The molecular formula is C7H13N5O. The van der Waals surface area contributed by atoms with Crippen LogP contribution in [0, 0.1) is 0 Å². The fraction of sp³-hybridized carbons (Fsp3) is 0.857. The summed E-state index contributed by atoms with van der Waals surface area (Å²) in [5.74, 6) is 0.350. The minimum atomic E-state index is -0.0799. The zero-order valence-corrected chi connectivity index (χ0v) is 7.60. The van der Waals surface area contributed by atoms with Crippen molar-refractivity contribution < 1.29 is 4.74 Å². The van der Waals surface area contributed by atoms with Crippen LogP contribution in [0.5, 0.6) is 0 Å². The highest BCUT2D eigenvalue weighted by molar-refractivity contribution is 5.11. The second-order valence-corrected chi connectivity index (χ2v) is 3.44. The molecule has 1 heterocycles. The maximum absolute atomic E-state index is 5.55. The van der Waals surface area contributed by atoms with E-state index in [1.807, 2.05) is 0 Å². The number of aromatic nitrogens is 4. The van der Waals surface area contributed by atoms with Crippen LogP contribution in [0.15, 0.2) is 0 Å². The molecule has 13 heavy (non-hydrogen) atoms. The van der Waals surface area contributed by atoms with Gasteiger partial charge in [0, 0.05) is 7.11 Å².